The van der Waals surface area contributed by atoms with Crippen molar-refractivity contribution in [1.82, 2.24) is 0 Å². The highest BCUT2D eigenvalue weighted by Crippen LogP contribution is 2.26. The molecule has 0 saturated heterocycles. The molecule has 0 spiro atoms. The van der Waals surface area contributed by atoms with Gasteiger partial charge >= 0.3 is 6.18 Å². The fourth-order valence-corrected chi connectivity index (χ4v) is 1.23. The van der Waals surface area contributed by atoms with Crippen LogP contribution in [0.3, 0.4) is 0 Å². The number of nitriles is 2. The second-order valence-electron chi connectivity index (χ2n) is 3.38. The third-order valence-electron chi connectivity index (χ3n) is 2.17. The molecule has 18 heavy (non-hydrogen) atoms. The van der Waals surface area contributed by atoms with Crippen LogP contribution in [0.2, 0.25) is 0 Å². The lowest BCUT2D eigenvalue weighted by Gasteiger charge is -2.15. The zero-order valence-electron chi connectivity index (χ0n) is 8.92. The summed E-state index contributed by atoms with van der Waals surface area (Å²) in [5, 5.41) is 19.3. The van der Waals surface area contributed by atoms with Gasteiger partial charge in [-0.1, -0.05) is 6.07 Å². The summed E-state index contributed by atoms with van der Waals surface area (Å²) in [5.74, 6) is -3.05. The fraction of sp³-hybridized carbons (Fsp3) is 0.273. The summed E-state index contributed by atoms with van der Waals surface area (Å²) in [6.07, 6.45) is -4.66. The van der Waals surface area contributed by atoms with Crippen LogP contribution in [0, 0.1) is 34.4 Å². The Morgan fingerprint density at radius 2 is 1.94 bits per heavy atom. The number of nitrogens with zero attached hydrogens (tertiary/aromatic N) is 2. The molecule has 1 aromatic rings. The first-order valence-electron chi connectivity index (χ1n) is 4.79. The molecular formula is C11H7F4N3. The van der Waals surface area contributed by atoms with Gasteiger partial charge in [0.1, 0.15) is 17.4 Å². The molecule has 0 aromatic heterocycles. The molecule has 0 aliphatic heterocycles. The first-order valence-corrected chi connectivity index (χ1v) is 4.79. The van der Waals surface area contributed by atoms with Crippen molar-refractivity contribution in [2.75, 3.05) is 11.9 Å². The van der Waals surface area contributed by atoms with Crippen LogP contribution in [0.5, 0.6) is 0 Å². The predicted molar refractivity (Wildman–Crippen MR) is 54.8 cm³/mol. The maximum atomic E-state index is 13.1. The van der Waals surface area contributed by atoms with E-state index in [2.05, 4.69) is 5.32 Å². The molecule has 0 aliphatic carbocycles. The Kier molecular flexibility index (Phi) is 4.11. The number of hydrogen-bond acceptors (Lipinski definition) is 3. The normalized spacial score (nSPS) is 12.3. The third-order valence-corrected chi connectivity index (χ3v) is 2.17. The van der Waals surface area contributed by atoms with Gasteiger partial charge in [0.2, 0.25) is 0 Å². The quantitative estimate of drug-likeness (QED) is 0.847. The van der Waals surface area contributed by atoms with Crippen LogP contribution < -0.4 is 5.32 Å². The Bertz CT molecular complexity index is 510. The molecule has 1 atom stereocenters. The van der Waals surface area contributed by atoms with Crippen molar-refractivity contribution >= 4 is 5.69 Å². The van der Waals surface area contributed by atoms with E-state index in [0.29, 0.717) is 0 Å². The SMILES string of the molecule is N#Cc1c(F)cccc1NCC(C#N)C(F)(F)F. The summed E-state index contributed by atoms with van der Waals surface area (Å²) >= 11 is 0. The molecule has 0 saturated carbocycles. The molecule has 1 unspecified atom stereocenters. The Morgan fingerprint density at radius 3 is 2.44 bits per heavy atom. The van der Waals surface area contributed by atoms with E-state index in [0.717, 1.165) is 12.1 Å². The lowest BCUT2D eigenvalue weighted by atomic mass is 10.1. The number of anilines is 1. The Labute approximate surface area is 100 Å². The van der Waals surface area contributed by atoms with Crippen molar-refractivity contribution in [3.05, 3.63) is 29.6 Å². The third kappa shape index (κ3) is 3.11. The number of alkyl halides is 3. The molecule has 0 bridgehead atoms. The monoisotopic (exact) mass is 257 g/mol. The molecule has 0 amide bonds. The number of halogens is 4. The number of hydrogen-bond donors (Lipinski definition) is 1. The molecule has 1 N–H and O–H groups in total. The molecule has 7 heteroatoms. The van der Waals surface area contributed by atoms with Crippen LogP contribution in [-0.2, 0) is 0 Å². The van der Waals surface area contributed by atoms with Crippen LogP contribution in [0.25, 0.3) is 0 Å². The van der Waals surface area contributed by atoms with Gasteiger partial charge in [-0.05, 0) is 12.1 Å². The molecular weight excluding hydrogens is 250 g/mol. The minimum absolute atomic E-state index is 0.0676. The van der Waals surface area contributed by atoms with Crippen molar-refractivity contribution in [2.24, 2.45) is 5.92 Å². The van der Waals surface area contributed by atoms with Gasteiger partial charge in [-0.2, -0.15) is 23.7 Å². The fourth-order valence-electron chi connectivity index (χ4n) is 1.23. The predicted octanol–water partition coefficient (Wildman–Crippen LogP) is 2.81. The van der Waals surface area contributed by atoms with E-state index in [1.807, 2.05) is 0 Å². The smallest absolute Gasteiger partial charge is 0.382 e. The minimum atomic E-state index is -4.66. The molecule has 1 aromatic carbocycles. The first-order chi connectivity index (χ1) is 8.40. The first kappa shape index (κ1) is 13.8. The lowest BCUT2D eigenvalue weighted by molar-refractivity contribution is -0.155. The lowest BCUT2D eigenvalue weighted by Crippen LogP contribution is -2.28. The maximum absolute atomic E-state index is 13.1. The standard InChI is InChI=1S/C11H7F4N3/c12-9-2-1-3-10(8(9)5-17)18-6-7(4-16)11(13,14)15/h1-3,7,18H,6H2. The molecule has 0 radical (unpaired) electrons. The van der Waals surface area contributed by atoms with E-state index in [9.17, 15) is 17.6 Å². The van der Waals surface area contributed by atoms with Crippen molar-refractivity contribution in [3.63, 3.8) is 0 Å². The van der Waals surface area contributed by atoms with E-state index in [-0.39, 0.29) is 11.3 Å². The van der Waals surface area contributed by atoms with E-state index >= 15 is 0 Å². The van der Waals surface area contributed by atoms with Crippen LogP contribution in [0.1, 0.15) is 5.56 Å². The van der Waals surface area contributed by atoms with Crippen LogP contribution in [-0.4, -0.2) is 12.7 Å². The zero-order valence-corrected chi connectivity index (χ0v) is 8.92. The van der Waals surface area contributed by atoms with Gasteiger partial charge in [0.15, 0.2) is 5.92 Å². The average Bonchev–Trinajstić information content (AvgIpc) is 2.28. The topological polar surface area (TPSA) is 59.6 Å². The van der Waals surface area contributed by atoms with E-state index in [1.165, 1.54) is 12.1 Å². The Hall–Kier alpha value is -2.28. The summed E-state index contributed by atoms with van der Waals surface area (Å²) < 4.78 is 50.0. The zero-order chi connectivity index (χ0) is 13.8. The van der Waals surface area contributed by atoms with E-state index < -0.39 is 24.5 Å². The highest BCUT2D eigenvalue weighted by molar-refractivity contribution is 5.57. The van der Waals surface area contributed by atoms with Crippen molar-refractivity contribution in [2.45, 2.75) is 6.18 Å². The molecule has 94 valence electrons. The summed E-state index contributed by atoms with van der Waals surface area (Å²) in [7, 11) is 0. The van der Waals surface area contributed by atoms with Gasteiger partial charge < -0.3 is 5.32 Å². The van der Waals surface area contributed by atoms with Gasteiger partial charge in [-0.15, -0.1) is 0 Å². The van der Waals surface area contributed by atoms with Crippen molar-refractivity contribution in [1.29, 1.82) is 10.5 Å². The van der Waals surface area contributed by atoms with Gasteiger partial charge in [0.25, 0.3) is 0 Å². The molecule has 1 rings (SSSR count). The largest absolute Gasteiger partial charge is 0.406 e. The Morgan fingerprint density at radius 1 is 1.28 bits per heavy atom. The van der Waals surface area contributed by atoms with Gasteiger partial charge in [-0.3, -0.25) is 0 Å². The Balaban J connectivity index is 2.85. The summed E-state index contributed by atoms with van der Waals surface area (Å²) in [4.78, 5) is 0. The number of benzene rings is 1. The van der Waals surface area contributed by atoms with E-state index in [1.54, 1.807) is 6.07 Å². The minimum Gasteiger partial charge on any atom is -0.382 e. The maximum Gasteiger partial charge on any atom is 0.406 e. The van der Waals surface area contributed by atoms with Gasteiger partial charge in [0.05, 0.1) is 11.8 Å². The molecule has 0 fully saturated rings. The highest BCUT2D eigenvalue weighted by Gasteiger charge is 2.39. The van der Waals surface area contributed by atoms with Crippen LogP contribution in [0.15, 0.2) is 18.2 Å². The summed E-state index contributed by atoms with van der Waals surface area (Å²) in [6, 6.07) is 6.19. The van der Waals surface area contributed by atoms with Crippen molar-refractivity contribution in [3.8, 4) is 12.1 Å². The second kappa shape index (κ2) is 5.37. The molecule has 0 heterocycles. The van der Waals surface area contributed by atoms with E-state index in [4.69, 9.17) is 10.5 Å². The number of rotatable bonds is 3. The summed E-state index contributed by atoms with van der Waals surface area (Å²) in [6.45, 7) is -0.738. The average molecular weight is 257 g/mol. The van der Waals surface area contributed by atoms with Gasteiger partial charge in [0, 0.05) is 6.54 Å². The van der Waals surface area contributed by atoms with Gasteiger partial charge in [-0.25, -0.2) is 4.39 Å². The highest BCUT2D eigenvalue weighted by atomic mass is 19.4. The second-order valence-corrected chi connectivity index (χ2v) is 3.38. The molecule has 3 nitrogen and oxygen atoms in total. The number of nitrogens with one attached hydrogen (secondary N) is 1. The van der Waals surface area contributed by atoms with Crippen LogP contribution >= 0.6 is 0 Å². The van der Waals surface area contributed by atoms with Crippen molar-refractivity contribution < 1.29 is 17.6 Å². The van der Waals surface area contributed by atoms with Crippen LogP contribution in [0.4, 0.5) is 23.2 Å². The summed E-state index contributed by atoms with van der Waals surface area (Å²) in [5.41, 5.74) is -0.446. The molecule has 0 aliphatic rings.